The fourth-order valence-electron chi connectivity index (χ4n) is 2.95. The van der Waals surface area contributed by atoms with Crippen molar-refractivity contribution in [3.63, 3.8) is 0 Å². The lowest BCUT2D eigenvalue weighted by Crippen LogP contribution is -2.36. The molecule has 0 amide bonds. The molecule has 0 aliphatic heterocycles. The van der Waals surface area contributed by atoms with E-state index < -0.39 is 0 Å². The average Bonchev–Trinajstić information content (AvgIpc) is 2.78. The van der Waals surface area contributed by atoms with Crippen LogP contribution in [0.2, 0.25) is 0 Å². The van der Waals surface area contributed by atoms with Crippen molar-refractivity contribution in [3.05, 3.63) is 59.7 Å². The van der Waals surface area contributed by atoms with Gasteiger partial charge in [0, 0.05) is 26.7 Å². The highest BCUT2D eigenvalue weighted by Gasteiger charge is 2.08. The van der Waals surface area contributed by atoms with Crippen molar-refractivity contribution < 1.29 is 9.47 Å². The zero-order valence-corrected chi connectivity index (χ0v) is 20.8. The number of methoxy groups -OCH3 is 1. The van der Waals surface area contributed by atoms with Crippen LogP contribution in [0.15, 0.2) is 53.5 Å². The van der Waals surface area contributed by atoms with Gasteiger partial charge in [0.05, 0.1) is 7.11 Å². The fraction of sp³-hybridized carbons (Fsp3) is 0.435. The molecule has 0 aliphatic rings. The number of hydrogen-bond acceptors (Lipinski definition) is 4. The number of halogens is 1. The number of ether oxygens (including phenoxy) is 2. The molecule has 0 radical (unpaired) electrons. The maximum absolute atomic E-state index is 5.93. The van der Waals surface area contributed by atoms with Crippen molar-refractivity contribution in [1.82, 2.24) is 15.5 Å². The van der Waals surface area contributed by atoms with Gasteiger partial charge in [-0.25, -0.2) is 0 Å². The maximum Gasteiger partial charge on any atom is 0.191 e. The van der Waals surface area contributed by atoms with E-state index in [9.17, 15) is 0 Å². The minimum absolute atomic E-state index is 0. The van der Waals surface area contributed by atoms with Gasteiger partial charge >= 0.3 is 0 Å². The van der Waals surface area contributed by atoms with Gasteiger partial charge in [-0.2, -0.15) is 0 Å². The predicted octanol–water partition coefficient (Wildman–Crippen LogP) is 3.90. The molecule has 0 saturated heterocycles. The van der Waals surface area contributed by atoms with E-state index >= 15 is 0 Å². The van der Waals surface area contributed by atoms with Crippen molar-refractivity contribution in [2.24, 2.45) is 4.99 Å². The standard InChI is InChI=1S/C23H34N4O2.HI/c1-5-27(6-2)14-15-29-21-13-12-20(16-22(21)28-4)18-26-23(24-3)25-17-19-10-8-7-9-11-19;/h7-13,16H,5-6,14-15,17-18H2,1-4H3,(H2,24,25,26);1H. The van der Waals surface area contributed by atoms with E-state index in [-0.39, 0.29) is 24.0 Å². The second-order valence-electron chi connectivity index (χ2n) is 6.63. The van der Waals surface area contributed by atoms with E-state index in [4.69, 9.17) is 9.47 Å². The normalized spacial score (nSPS) is 11.0. The molecule has 2 aromatic rings. The fourth-order valence-corrected chi connectivity index (χ4v) is 2.95. The first-order chi connectivity index (χ1) is 14.2. The summed E-state index contributed by atoms with van der Waals surface area (Å²) in [6.45, 7) is 9.30. The van der Waals surface area contributed by atoms with Crippen LogP contribution < -0.4 is 20.1 Å². The molecule has 6 nitrogen and oxygen atoms in total. The van der Waals surface area contributed by atoms with Crippen LogP contribution in [0, 0.1) is 0 Å². The molecule has 0 fully saturated rings. The Hall–Kier alpha value is -2.00. The molecule has 2 rings (SSSR count). The van der Waals surface area contributed by atoms with Gasteiger partial charge in [-0.3, -0.25) is 4.99 Å². The largest absolute Gasteiger partial charge is 0.493 e. The number of guanidine groups is 1. The monoisotopic (exact) mass is 526 g/mol. The van der Waals surface area contributed by atoms with Gasteiger partial charge in [0.15, 0.2) is 17.5 Å². The summed E-state index contributed by atoms with van der Waals surface area (Å²) in [7, 11) is 3.44. The van der Waals surface area contributed by atoms with E-state index in [1.165, 1.54) is 5.56 Å². The Morgan fingerprint density at radius 3 is 2.20 bits per heavy atom. The molecule has 7 heteroatoms. The van der Waals surface area contributed by atoms with Gasteiger partial charge in [-0.1, -0.05) is 50.2 Å². The Morgan fingerprint density at radius 2 is 1.60 bits per heavy atom. The minimum Gasteiger partial charge on any atom is -0.493 e. The summed E-state index contributed by atoms with van der Waals surface area (Å²) in [5.41, 5.74) is 2.31. The lowest BCUT2D eigenvalue weighted by Gasteiger charge is -2.19. The van der Waals surface area contributed by atoms with Crippen molar-refractivity contribution in [1.29, 1.82) is 0 Å². The molecule has 0 unspecified atom stereocenters. The molecule has 0 atom stereocenters. The first kappa shape index (κ1) is 26.0. The van der Waals surface area contributed by atoms with Crippen molar-refractivity contribution in [3.8, 4) is 11.5 Å². The van der Waals surface area contributed by atoms with Crippen LogP contribution in [0.1, 0.15) is 25.0 Å². The highest BCUT2D eigenvalue weighted by molar-refractivity contribution is 14.0. The molecule has 0 saturated carbocycles. The number of aliphatic imine (C=N–C) groups is 1. The Balaban J connectivity index is 0.00000450. The number of likely N-dealkylation sites (N-methyl/N-ethyl adjacent to an activating group) is 1. The summed E-state index contributed by atoms with van der Waals surface area (Å²) < 4.78 is 11.5. The van der Waals surface area contributed by atoms with E-state index in [1.807, 2.05) is 36.4 Å². The lowest BCUT2D eigenvalue weighted by atomic mass is 10.2. The maximum atomic E-state index is 5.93. The second kappa shape index (κ2) is 14.9. The summed E-state index contributed by atoms with van der Waals surface area (Å²) in [4.78, 5) is 6.62. The number of hydrogen-bond donors (Lipinski definition) is 2. The average molecular weight is 526 g/mol. The Morgan fingerprint density at radius 1 is 0.933 bits per heavy atom. The van der Waals surface area contributed by atoms with Gasteiger partial charge in [0.2, 0.25) is 0 Å². The molecular weight excluding hydrogens is 491 g/mol. The van der Waals surface area contributed by atoms with Gasteiger partial charge in [0.1, 0.15) is 6.61 Å². The minimum atomic E-state index is 0. The van der Waals surface area contributed by atoms with Crippen LogP contribution in [0.25, 0.3) is 0 Å². The third kappa shape index (κ3) is 8.79. The molecule has 30 heavy (non-hydrogen) atoms. The predicted molar refractivity (Wildman–Crippen MR) is 135 cm³/mol. The van der Waals surface area contributed by atoms with Gasteiger partial charge < -0.3 is 25.0 Å². The zero-order chi connectivity index (χ0) is 20.9. The van der Waals surface area contributed by atoms with Gasteiger partial charge in [0.25, 0.3) is 0 Å². The van der Waals surface area contributed by atoms with Crippen LogP contribution >= 0.6 is 24.0 Å². The second-order valence-corrected chi connectivity index (χ2v) is 6.63. The highest BCUT2D eigenvalue weighted by atomic mass is 127. The first-order valence-corrected chi connectivity index (χ1v) is 10.2. The number of nitrogens with zero attached hydrogens (tertiary/aromatic N) is 2. The zero-order valence-electron chi connectivity index (χ0n) is 18.5. The smallest absolute Gasteiger partial charge is 0.191 e. The van der Waals surface area contributed by atoms with Gasteiger partial charge in [-0.05, 0) is 36.3 Å². The van der Waals surface area contributed by atoms with Crippen molar-refractivity contribution >= 4 is 29.9 Å². The number of benzene rings is 2. The Kier molecular flexibility index (Phi) is 12.9. The summed E-state index contributed by atoms with van der Waals surface area (Å²) in [6.07, 6.45) is 0. The molecule has 0 aliphatic carbocycles. The first-order valence-electron chi connectivity index (χ1n) is 10.2. The summed E-state index contributed by atoms with van der Waals surface area (Å²) >= 11 is 0. The van der Waals surface area contributed by atoms with E-state index in [1.54, 1.807) is 14.2 Å². The summed E-state index contributed by atoms with van der Waals surface area (Å²) in [6, 6.07) is 16.3. The molecule has 0 spiro atoms. The lowest BCUT2D eigenvalue weighted by molar-refractivity contribution is 0.217. The van der Waals surface area contributed by atoms with Crippen LogP contribution in [0.3, 0.4) is 0 Å². The van der Waals surface area contributed by atoms with Crippen LogP contribution in [-0.2, 0) is 13.1 Å². The Bertz CT molecular complexity index is 752. The van der Waals surface area contributed by atoms with E-state index in [2.05, 4.69) is 46.5 Å². The third-order valence-electron chi connectivity index (χ3n) is 4.77. The number of rotatable bonds is 11. The van der Waals surface area contributed by atoms with E-state index in [0.717, 1.165) is 49.2 Å². The number of nitrogens with one attached hydrogen (secondary N) is 2. The molecular formula is C23H35IN4O2. The Labute approximate surface area is 198 Å². The van der Waals surface area contributed by atoms with Crippen molar-refractivity contribution in [2.45, 2.75) is 26.9 Å². The quantitative estimate of drug-likeness (QED) is 0.264. The molecule has 166 valence electrons. The highest BCUT2D eigenvalue weighted by Crippen LogP contribution is 2.28. The van der Waals surface area contributed by atoms with E-state index in [0.29, 0.717) is 13.2 Å². The molecule has 0 bridgehead atoms. The van der Waals surface area contributed by atoms with Crippen LogP contribution in [0.4, 0.5) is 0 Å². The van der Waals surface area contributed by atoms with Gasteiger partial charge in [-0.15, -0.1) is 24.0 Å². The summed E-state index contributed by atoms with van der Waals surface area (Å²) in [5.74, 6) is 2.28. The van der Waals surface area contributed by atoms with Crippen LogP contribution in [-0.4, -0.2) is 51.3 Å². The summed E-state index contributed by atoms with van der Waals surface area (Å²) in [5, 5.41) is 6.66. The van der Waals surface area contributed by atoms with Crippen molar-refractivity contribution in [2.75, 3.05) is 40.4 Å². The topological polar surface area (TPSA) is 58.1 Å². The molecule has 0 aromatic heterocycles. The third-order valence-corrected chi connectivity index (χ3v) is 4.77. The van der Waals surface area contributed by atoms with Crippen LogP contribution in [0.5, 0.6) is 11.5 Å². The molecule has 2 aromatic carbocycles. The molecule has 2 N–H and O–H groups in total. The SMILES string of the molecule is CCN(CC)CCOc1ccc(CNC(=NC)NCc2ccccc2)cc1OC.I. The molecule has 0 heterocycles.